The van der Waals surface area contributed by atoms with Gasteiger partial charge in [0, 0.05) is 45.3 Å². The number of hydrogen-bond donors (Lipinski definition) is 0. The monoisotopic (exact) mass is 317 g/mol. The van der Waals surface area contributed by atoms with Crippen molar-refractivity contribution in [1.29, 1.82) is 0 Å². The van der Waals surface area contributed by atoms with Gasteiger partial charge in [-0.2, -0.15) is 4.31 Å². The number of rotatable bonds is 3. The van der Waals surface area contributed by atoms with Crippen LogP contribution in [0.25, 0.3) is 0 Å². The molecule has 3 heterocycles. The predicted molar refractivity (Wildman–Crippen MR) is 81.7 cm³/mol. The van der Waals surface area contributed by atoms with Gasteiger partial charge in [-0.3, -0.25) is 9.80 Å². The third-order valence-electron chi connectivity index (χ3n) is 4.85. The van der Waals surface area contributed by atoms with E-state index in [9.17, 15) is 8.42 Å². The Morgan fingerprint density at radius 1 is 1.29 bits per heavy atom. The van der Waals surface area contributed by atoms with E-state index in [0.717, 1.165) is 32.8 Å². The maximum absolute atomic E-state index is 12.0. The van der Waals surface area contributed by atoms with E-state index in [1.165, 1.54) is 6.26 Å². The second-order valence-electron chi connectivity index (χ2n) is 7.27. The van der Waals surface area contributed by atoms with Crippen molar-refractivity contribution in [2.75, 3.05) is 58.7 Å². The molecule has 1 spiro atoms. The van der Waals surface area contributed by atoms with E-state index in [1.54, 1.807) is 4.31 Å². The maximum Gasteiger partial charge on any atom is 0.211 e. The smallest absolute Gasteiger partial charge is 0.211 e. The number of morpholine rings is 1. The zero-order valence-corrected chi connectivity index (χ0v) is 14.1. The highest BCUT2D eigenvalue weighted by Gasteiger charge is 2.55. The first-order valence-electron chi connectivity index (χ1n) is 7.82. The van der Waals surface area contributed by atoms with Crippen LogP contribution in [0.1, 0.15) is 13.8 Å². The molecule has 0 aromatic heterocycles. The van der Waals surface area contributed by atoms with Crippen molar-refractivity contribution in [2.45, 2.75) is 25.4 Å². The number of nitrogens with zero attached hydrogens (tertiary/aromatic N) is 3. The minimum absolute atomic E-state index is 0.00463. The van der Waals surface area contributed by atoms with Gasteiger partial charge in [0.05, 0.1) is 25.0 Å². The summed E-state index contributed by atoms with van der Waals surface area (Å²) in [5.74, 6) is 0.650. The largest absolute Gasteiger partial charge is 0.378 e. The molecular formula is C14H27N3O3S. The van der Waals surface area contributed by atoms with Crippen LogP contribution in [-0.4, -0.2) is 92.8 Å². The Morgan fingerprint density at radius 2 is 2.00 bits per heavy atom. The van der Waals surface area contributed by atoms with Crippen LogP contribution in [0.3, 0.4) is 0 Å². The van der Waals surface area contributed by atoms with Crippen LogP contribution in [0, 0.1) is 5.92 Å². The van der Waals surface area contributed by atoms with Gasteiger partial charge < -0.3 is 4.74 Å². The van der Waals surface area contributed by atoms with Crippen molar-refractivity contribution >= 4 is 10.0 Å². The van der Waals surface area contributed by atoms with Crippen LogP contribution in [0.5, 0.6) is 0 Å². The van der Waals surface area contributed by atoms with E-state index in [1.807, 2.05) is 0 Å². The topological polar surface area (TPSA) is 53.1 Å². The third kappa shape index (κ3) is 2.99. The van der Waals surface area contributed by atoms with E-state index < -0.39 is 10.0 Å². The molecule has 0 bridgehead atoms. The lowest BCUT2D eigenvalue weighted by molar-refractivity contribution is -0.154. The summed E-state index contributed by atoms with van der Waals surface area (Å²) >= 11 is 0. The fourth-order valence-corrected chi connectivity index (χ4v) is 5.03. The van der Waals surface area contributed by atoms with Crippen molar-refractivity contribution in [3.05, 3.63) is 0 Å². The number of sulfonamides is 1. The van der Waals surface area contributed by atoms with Crippen LogP contribution in [-0.2, 0) is 14.8 Å². The molecule has 0 aromatic carbocycles. The molecule has 0 saturated carbocycles. The molecule has 122 valence electrons. The number of hydrogen-bond acceptors (Lipinski definition) is 5. The van der Waals surface area contributed by atoms with Crippen molar-refractivity contribution < 1.29 is 13.2 Å². The lowest BCUT2D eigenvalue weighted by atomic mass is 9.83. The Kier molecular flexibility index (Phi) is 4.07. The molecule has 3 aliphatic heterocycles. The zero-order chi connectivity index (χ0) is 15.3. The second-order valence-corrected chi connectivity index (χ2v) is 9.25. The van der Waals surface area contributed by atoms with Gasteiger partial charge in [-0.05, 0) is 5.92 Å². The van der Waals surface area contributed by atoms with Crippen LogP contribution >= 0.6 is 0 Å². The summed E-state index contributed by atoms with van der Waals surface area (Å²) < 4.78 is 31.2. The van der Waals surface area contributed by atoms with Gasteiger partial charge in [0.15, 0.2) is 0 Å². The highest BCUT2D eigenvalue weighted by molar-refractivity contribution is 7.88. The Labute approximate surface area is 128 Å². The third-order valence-corrected chi connectivity index (χ3v) is 6.07. The molecule has 3 aliphatic rings. The van der Waals surface area contributed by atoms with E-state index in [0.29, 0.717) is 25.6 Å². The first-order chi connectivity index (χ1) is 9.80. The van der Waals surface area contributed by atoms with Crippen LogP contribution in [0.15, 0.2) is 0 Å². The van der Waals surface area contributed by atoms with Crippen LogP contribution in [0.4, 0.5) is 0 Å². The van der Waals surface area contributed by atoms with E-state index >= 15 is 0 Å². The molecule has 0 amide bonds. The summed E-state index contributed by atoms with van der Waals surface area (Å²) in [5, 5.41) is 0. The van der Waals surface area contributed by atoms with Crippen molar-refractivity contribution in [3.63, 3.8) is 0 Å². The van der Waals surface area contributed by atoms with E-state index in [2.05, 4.69) is 23.6 Å². The molecule has 3 fully saturated rings. The Bertz CT molecular complexity index is 488. The summed E-state index contributed by atoms with van der Waals surface area (Å²) in [5.41, 5.74) is 0.00463. The summed E-state index contributed by atoms with van der Waals surface area (Å²) in [6.45, 7) is 11.1. The Morgan fingerprint density at radius 3 is 2.62 bits per heavy atom. The minimum Gasteiger partial charge on any atom is -0.378 e. The molecule has 1 atom stereocenters. The molecule has 21 heavy (non-hydrogen) atoms. The standard InChI is InChI=1S/C14H27N3O3S/c1-12(2)6-15-9-14(10-15)11-16(21(3,18)19)7-13-8-20-5-4-17(13)14/h12-13H,4-11H2,1-3H3. The molecule has 1 unspecified atom stereocenters. The lowest BCUT2D eigenvalue weighted by Crippen LogP contribution is -2.81. The molecule has 0 aromatic rings. The lowest BCUT2D eigenvalue weighted by Gasteiger charge is -2.63. The van der Waals surface area contributed by atoms with Gasteiger partial charge in [-0.1, -0.05) is 13.8 Å². The first kappa shape index (κ1) is 15.7. The molecular weight excluding hydrogens is 290 g/mol. The SMILES string of the molecule is CC(C)CN1CC2(C1)CN(S(C)(=O)=O)CC1COCCN12. The number of piperazine rings is 1. The second kappa shape index (κ2) is 5.45. The molecule has 6 nitrogen and oxygen atoms in total. The molecule has 0 N–H and O–H groups in total. The summed E-state index contributed by atoms with van der Waals surface area (Å²) in [7, 11) is -3.13. The molecule has 0 radical (unpaired) electrons. The van der Waals surface area contributed by atoms with Gasteiger partial charge >= 0.3 is 0 Å². The molecule has 3 saturated heterocycles. The van der Waals surface area contributed by atoms with Gasteiger partial charge in [0.25, 0.3) is 0 Å². The highest BCUT2D eigenvalue weighted by atomic mass is 32.2. The zero-order valence-electron chi connectivity index (χ0n) is 13.3. The Hall–Kier alpha value is -0.210. The van der Waals surface area contributed by atoms with E-state index in [4.69, 9.17) is 4.74 Å². The number of likely N-dealkylation sites (tertiary alicyclic amines) is 1. The molecule has 0 aliphatic carbocycles. The van der Waals surface area contributed by atoms with Crippen molar-refractivity contribution in [2.24, 2.45) is 5.92 Å². The minimum atomic E-state index is -3.13. The summed E-state index contributed by atoms with van der Waals surface area (Å²) in [4.78, 5) is 4.97. The van der Waals surface area contributed by atoms with Gasteiger partial charge in [0.1, 0.15) is 0 Å². The maximum atomic E-state index is 12.0. The number of ether oxygens (including phenoxy) is 1. The van der Waals surface area contributed by atoms with Crippen molar-refractivity contribution in [3.8, 4) is 0 Å². The summed E-state index contributed by atoms with van der Waals surface area (Å²) in [6, 6.07) is 0.212. The van der Waals surface area contributed by atoms with Crippen molar-refractivity contribution in [1.82, 2.24) is 14.1 Å². The fourth-order valence-electron chi connectivity index (χ4n) is 4.12. The highest BCUT2D eigenvalue weighted by Crippen LogP contribution is 2.36. The normalized spacial score (nSPS) is 31.3. The Balaban J connectivity index is 1.77. The van der Waals surface area contributed by atoms with Gasteiger partial charge in [0.2, 0.25) is 10.0 Å². The molecule has 7 heteroatoms. The van der Waals surface area contributed by atoms with Crippen LogP contribution in [0.2, 0.25) is 0 Å². The quantitative estimate of drug-likeness (QED) is 0.714. The molecule has 3 rings (SSSR count). The first-order valence-corrected chi connectivity index (χ1v) is 9.67. The van der Waals surface area contributed by atoms with Crippen LogP contribution < -0.4 is 0 Å². The van der Waals surface area contributed by atoms with E-state index in [-0.39, 0.29) is 11.6 Å². The average molecular weight is 317 g/mol. The van der Waals surface area contributed by atoms with Gasteiger partial charge in [-0.15, -0.1) is 0 Å². The van der Waals surface area contributed by atoms with Gasteiger partial charge in [-0.25, -0.2) is 8.42 Å². The summed E-state index contributed by atoms with van der Waals surface area (Å²) in [6.07, 6.45) is 1.32. The predicted octanol–water partition coefficient (Wildman–Crippen LogP) is -0.327. The number of fused-ring (bicyclic) bond motifs is 2. The average Bonchev–Trinajstić information content (AvgIpc) is 2.35. The fraction of sp³-hybridized carbons (Fsp3) is 1.00.